The largest absolute Gasteiger partial charge is 0.342 e. The van der Waals surface area contributed by atoms with Gasteiger partial charge in [-0.25, -0.2) is 0 Å². The minimum absolute atomic E-state index is 0.948. The van der Waals surface area contributed by atoms with Crippen molar-refractivity contribution in [3.63, 3.8) is 0 Å². The lowest BCUT2D eigenvalue weighted by atomic mass is 10.1. The quantitative estimate of drug-likeness (QED) is 0.702. The smallest absolute Gasteiger partial charge is 0.0484 e. The molecule has 0 bridgehead atoms. The highest BCUT2D eigenvalue weighted by molar-refractivity contribution is 5.69. The summed E-state index contributed by atoms with van der Waals surface area (Å²) in [6, 6.07) is 10.4. The Hall–Kier alpha value is -1.76. The fourth-order valence-electron chi connectivity index (χ4n) is 1.82. The van der Waals surface area contributed by atoms with E-state index in [1.165, 1.54) is 11.3 Å². The fraction of sp³-hybridized carbons (Fsp3) is 0.143. The van der Waals surface area contributed by atoms with E-state index in [4.69, 9.17) is 0 Å². The first-order chi connectivity index (χ1) is 7.33. The van der Waals surface area contributed by atoms with Gasteiger partial charge in [0.15, 0.2) is 0 Å². The van der Waals surface area contributed by atoms with Gasteiger partial charge in [-0.3, -0.25) is 0 Å². The van der Waals surface area contributed by atoms with Crippen molar-refractivity contribution in [2.24, 2.45) is 0 Å². The minimum atomic E-state index is 0.948. The van der Waals surface area contributed by atoms with Crippen LogP contribution in [0, 0.1) is 0 Å². The van der Waals surface area contributed by atoms with Crippen LogP contribution in [0.3, 0.4) is 0 Å². The highest BCUT2D eigenvalue weighted by Gasteiger charge is 2.13. The summed E-state index contributed by atoms with van der Waals surface area (Å²) in [6.07, 6.45) is 6.22. The summed E-state index contributed by atoms with van der Waals surface area (Å²) >= 11 is 0. The Morgan fingerprint density at radius 3 is 2.60 bits per heavy atom. The number of benzene rings is 1. The van der Waals surface area contributed by atoms with E-state index in [1.54, 1.807) is 0 Å². The second-order valence-corrected chi connectivity index (χ2v) is 3.51. The standard InChI is InChI=1S/C14H15N/c1-3-15-12(2)8-7-11-14(15)13-9-5-4-6-10-13/h4-11H,2-3H2,1H3. The number of likely N-dealkylation sites (N-methyl/N-ethyl adjacent to an activating group) is 1. The summed E-state index contributed by atoms with van der Waals surface area (Å²) in [5.41, 5.74) is 3.52. The summed E-state index contributed by atoms with van der Waals surface area (Å²) < 4.78 is 0. The molecule has 1 nitrogen and oxygen atoms in total. The summed E-state index contributed by atoms with van der Waals surface area (Å²) in [6.45, 7) is 7.13. The molecule has 0 aromatic heterocycles. The molecule has 1 aliphatic rings. The van der Waals surface area contributed by atoms with E-state index in [9.17, 15) is 0 Å². The van der Waals surface area contributed by atoms with Crippen LogP contribution in [-0.4, -0.2) is 11.4 Å². The van der Waals surface area contributed by atoms with Gasteiger partial charge < -0.3 is 4.90 Å². The lowest BCUT2D eigenvalue weighted by molar-refractivity contribution is 0.530. The van der Waals surface area contributed by atoms with Crippen molar-refractivity contribution in [3.8, 4) is 0 Å². The maximum absolute atomic E-state index is 4.04. The molecule has 0 fully saturated rings. The Labute approximate surface area is 91.0 Å². The molecule has 0 atom stereocenters. The Bertz CT molecular complexity index is 412. The second kappa shape index (κ2) is 4.18. The average Bonchev–Trinajstić information content (AvgIpc) is 2.30. The molecule has 1 heteroatoms. The molecular weight excluding hydrogens is 182 g/mol. The molecule has 1 aliphatic heterocycles. The van der Waals surface area contributed by atoms with E-state index in [0.717, 1.165) is 12.2 Å². The van der Waals surface area contributed by atoms with Crippen molar-refractivity contribution in [1.82, 2.24) is 4.90 Å². The van der Waals surface area contributed by atoms with E-state index in [0.29, 0.717) is 0 Å². The van der Waals surface area contributed by atoms with Crippen LogP contribution in [0.2, 0.25) is 0 Å². The van der Waals surface area contributed by atoms with Crippen LogP contribution >= 0.6 is 0 Å². The van der Waals surface area contributed by atoms with Gasteiger partial charge in [0, 0.05) is 17.9 Å². The first-order valence-electron chi connectivity index (χ1n) is 5.23. The van der Waals surface area contributed by atoms with E-state index in [1.807, 2.05) is 12.1 Å². The maximum Gasteiger partial charge on any atom is 0.0484 e. The van der Waals surface area contributed by atoms with Crippen LogP contribution in [0.4, 0.5) is 0 Å². The summed E-state index contributed by atoms with van der Waals surface area (Å²) in [7, 11) is 0. The normalized spacial score (nSPS) is 15.4. The van der Waals surface area contributed by atoms with Crippen molar-refractivity contribution >= 4 is 5.70 Å². The third-order valence-electron chi connectivity index (χ3n) is 2.57. The van der Waals surface area contributed by atoms with E-state index < -0.39 is 0 Å². The number of nitrogens with zero attached hydrogens (tertiary/aromatic N) is 1. The molecule has 0 amide bonds. The molecule has 1 heterocycles. The number of allylic oxidation sites excluding steroid dienone is 3. The van der Waals surface area contributed by atoms with Crippen molar-refractivity contribution in [2.75, 3.05) is 6.54 Å². The molecule has 0 radical (unpaired) electrons. The SMILES string of the molecule is C=C1C=CC=C(c2ccccc2)N1CC. The molecule has 0 saturated carbocycles. The van der Waals surface area contributed by atoms with E-state index in [2.05, 4.69) is 54.8 Å². The predicted octanol–water partition coefficient (Wildman–Crippen LogP) is 3.43. The lowest BCUT2D eigenvalue weighted by Crippen LogP contribution is -2.21. The van der Waals surface area contributed by atoms with Gasteiger partial charge in [-0.2, -0.15) is 0 Å². The fourth-order valence-corrected chi connectivity index (χ4v) is 1.82. The Kier molecular flexibility index (Phi) is 2.72. The van der Waals surface area contributed by atoms with Crippen molar-refractivity contribution < 1.29 is 0 Å². The van der Waals surface area contributed by atoms with Gasteiger partial charge in [0.25, 0.3) is 0 Å². The highest BCUT2D eigenvalue weighted by Crippen LogP contribution is 2.26. The topological polar surface area (TPSA) is 3.24 Å². The summed E-state index contributed by atoms with van der Waals surface area (Å²) in [4.78, 5) is 2.22. The molecule has 0 aliphatic carbocycles. The Morgan fingerprint density at radius 2 is 1.93 bits per heavy atom. The third-order valence-corrected chi connectivity index (χ3v) is 2.57. The van der Waals surface area contributed by atoms with Gasteiger partial charge in [0.1, 0.15) is 0 Å². The van der Waals surface area contributed by atoms with Gasteiger partial charge in [-0.05, 0) is 24.6 Å². The monoisotopic (exact) mass is 197 g/mol. The number of rotatable bonds is 2. The average molecular weight is 197 g/mol. The van der Waals surface area contributed by atoms with Crippen molar-refractivity contribution in [1.29, 1.82) is 0 Å². The molecule has 0 spiro atoms. The highest BCUT2D eigenvalue weighted by atomic mass is 15.1. The molecular formula is C14H15N. The maximum atomic E-state index is 4.04. The van der Waals surface area contributed by atoms with Gasteiger partial charge >= 0.3 is 0 Å². The van der Waals surface area contributed by atoms with Crippen LogP contribution in [0.5, 0.6) is 0 Å². The van der Waals surface area contributed by atoms with Crippen molar-refractivity contribution in [2.45, 2.75) is 6.92 Å². The zero-order valence-corrected chi connectivity index (χ0v) is 8.98. The molecule has 1 aromatic rings. The Balaban J connectivity index is 2.39. The molecule has 0 N–H and O–H groups in total. The molecule has 15 heavy (non-hydrogen) atoms. The molecule has 76 valence electrons. The van der Waals surface area contributed by atoms with Crippen LogP contribution in [-0.2, 0) is 0 Å². The lowest BCUT2D eigenvalue weighted by Gasteiger charge is -2.28. The number of hydrogen-bond donors (Lipinski definition) is 0. The van der Waals surface area contributed by atoms with E-state index >= 15 is 0 Å². The minimum Gasteiger partial charge on any atom is -0.342 e. The molecule has 0 unspecified atom stereocenters. The van der Waals surface area contributed by atoms with Gasteiger partial charge in [-0.1, -0.05) is 43.0 Å². The summed E-state index contributed by atoms with van der Waals surface area (Å²) in [5, 5.41) is 0. The predicted molar refractivity (Wildman–Crippen MR) is 65.1 cm³/mol. The van der Waals surface area contributed by atoms with E-state index in [-0.39, 0.29) is 0 Å². The van der Waals surface area contributed by atoms with Gasteiger partial charge in [0.05, 0.1) is 0 Å². The molecule has 2 rings (SSSR count). The summed E-state index contributed by atoms with van der Waals surface area (Å²) in [5.74, 6) is 0. The van der Waals surface area contributed by atoms with Gasteiger partial charge in [-0.15, -0.1) is 0 Å². The van der Waals surface area contributed by atoms with Gasteiger partial charge in [0.2, 0.25) is 0 Å². The Morgan fingerprint density at radius 1 is 1.20 bits per heavy atom. The van der Waals surface area contributed by atoms with Crippen LogP contribution < -0.4 is 0 Å². The van der Waals surface area contributed by atoms with Crippen LogP contribution in [0.1, 0.15) is 12.5 Å². The van der Waals surface area contributed by atoms with Crippen LogP contribution in [0.25, 0.3) is 5.70 Å². The number of hydrogen-bond acceptors (Lipinski definition) is 1. The second-order valence-electron chi connectivity index (χ2n) is 3.51. The first-order valence-corrected chi connectivity index (χ1v) is 5.23. The zero-order valence-electron chi connectivity index (χ0n) is 8.98. The van der Waals surface area contributed by atoms with Crippen LogP contribution in [0.15, 0.2) is 60.8 Å². The molecule has 1 aromatic carbocycles. The first kappa shape index (κ1) is 9.78. The third kappa shape index (κ3) is 1.86. The van der Waals surface area contributed by atoms with Crippen molar-refractivity contribution in [3.05, 3.63) is 66.4 Å². The molecule has 0 saturated heterocycles. The zero-order chi connectivity index (χ0) is 10.7.